The van der Waals surface area contributed by atoms with Gasteiger partial charge in [0.2, 0.25) is 11.2 Å². The number of hydrogen-bond donors (Lipinski definition) is 0. The summed E-state index contributed by atoms with van der Waals surface area (Å²) in [6, 6.07) is 0. The molecule has 290 valence electrons. The summed E-state index contributed by atoms with van der Waals surface area (Å²) >= 11 is 0. The summed E-state index contributed by atoms with van der Waals surface area (Å²) in [6.45, 7) is 11.2. The molecule has 0 fully saturated rings. The Kier molecular flexibility index (Phi) is 26.6. The van der Waals surface area contributed by atoms with Gasteiger partial charge in [0.1, 0.15) is 0 Å². The first-order valence-corrected chi connectivity index (χ1v) is 18.3. The second-order valence-electron chi connectivity index (χ2n) is 12.1. The Morgan fingerprint density at radius 2 is 0.540 bits per heavy atom. The fourth-order valence-electron chi connectivity index (χ4n) is 4.10. The van der Waals surface area contributed by atoms with Crippen molar-refractivity contribution in [1.82, 2.24) is 0 Å². The predicted octanol–water partition coefficient (Wildman–Crippen LogP) is 6.03. The van der Waals surface area contributed by atoms with Crippen LogP contribution in [0.25, 0.3) is 0 Å². The zero-order valence-electron chi connectivity index (χ0n) is 31.3. The van der Waals surface area contributed by atoms with Gasteiger partial charge >= 0.3 is 35.8 Å². The van der Waals surface area contributed by atoms with Crippen molar-refractivity contribution in [1.29, 1.82) is 0 Å². The standard InChI is InChI=1S/C36H62O14/c1-7-13-19-43-29(37)25-35(33(41)47-23-17-11-5,26-30(38)44-20-14-8-2)49-50-36(34(42)48-24-18-12-6,27-31(39)45-21-15-9-3)28-32(40)46-22-16-10-4/h7-28H2,1-6H3. The molecule has 0 N–H and O–H groups in total. The average molecular weight is 719 g/mol. The third-order valence-electron chi connectivity index (χ3n) is 7.33. The maximum atomic E-state index is 13.8. The van der Waals surface area contributed by atoms with Crippen LogP contribution in [0, 0.1) is 0 Å². The van der Waals surface area contributed by atoms with Crippen molar-refractivity contribution in [2.45, 2.75) is 155 Å². The quantitative estimate of drug-likeness (QED) is 0.0267. The van der Waals surface area contributed by atoms with E-state index in [0.717, 1.165) is 0 Å². The SMILES string of the molecule is CCCCOC(=O)CC(CC(=O)OCCCC)(OOC(CC(=O)OCCCC)(CC(=O)OCCCC)C(=O)OCCCC)C(=O)OCCCC. The molecule has 0 bridgehead atoms. The van der Waals surface area contributed by atoms with Crippen LogP contribution in [0.15, 0.2) is 0 Å². The number of esters is 6. The third-order valence-corrected chi connectivity index (χ3v) is 7.33. The van der Waals surface area contributed by atoms with Crippen molar-refractivity contribution in [3.8, 4) is 0 Å². The lowest BCUT2D eigenvalue weighted by Crippen LogP contribution is -2.53. The molecule has 50 heavy (non-hydrogen) atoms. The Morgan fingerprint density at radius 1 is 0.340 bits per heavy atom. The van der Waals surface area contributed by atoms with Gasteiger partial charge < -0.3 is 28.4 Å². The molecule has 0 spiro atoms. The lowest BCUT2D eigenvalue weighted by Gasteiger charge is -2.34. The minimum atomic E-state index is -2.55. The molecule has 0 aromatic carbocycles. The number of unbranched alkanes of at least 4 members (excludes halogenated alkanes) is 6. The molecule has 0 radical (unpaired) electrons. The molecule has 0 amide bonds. The Morgan fingerprint density at radius 3 is 0.740 bits per heavy atom. The number of carbonyl (C=O) groups is 6. The van der Waals surface area contributed by atoms with Crippen molar-refractivity contribution < 1.29 is 67.0 Å². The van der Waals surface area contributed by atoms with E-state index in [0.29, 0.717) is 77.0 Å². The average Bonchev–Trinajstić information content (AvgIpc) is 3.07. The van der Waals surface area contributed by atoms with Crippen LogP contribution in [0.2, 0.25) is 0 Å². The Bertz CT molecular complexity index is 869. The summed E-state index contributed by atoms with van der Waals surface area (Å²) in [5.74, 6) is -6.05. The van der Waals surface area contributed by atoms with Crippen molar-refractivity contribution in [2.24, 2.45) is 0 Å². The van der Waals surface area contributed by atoms with Crippen LogP contribution >= 0.6 is 0 Å². The molecule has 0 unspecified atom stereocenters. The molecule has 0 saturated carbocycles. The smallest absolute Gasteiger partial charge is 0.343 e. The van der Waals surface area contributed by atoms with E-state index in [-0.39, 0.29) is 39.6 Å². The van der Waals surface area contributed by atoms with E-state index in [1.165, 1.54) is 0 Å². The maximum absolute atomic E-state index is 13.8. The van der Waals surface area contributed by atoms with E-state index in [1.54, 1.807) is 0 Å². The third kappa shape index (κ3) is 19.8. The molecule has 0 aromatic rings. The second-order valence-corrected chi connectivity index (χ2v) is 12.1. The van der Waals surface area contributed by atoms with Crippen LogP contribution < -0.4 is 0 Å². The van der Waals surface area contributed by atoms with Crippen molar-refractivity contribution in [3.05, 3.63) is 0 Å². The Hall–Kier alpha value is -3.26. The van der Waals surface area contributed by atoms with Gasteiger partial charge in [0.15, 0.2) is 0 Å². The van der Waals surface area contributed by atoms with E-state index < -0.39 is 72.7 Å². The molecule has 14 nitrogen and oxygen atoms in total. The van der Waals surface area contributed by atoms with Gasteiger partial charge in [0.05, 0.1) is 65.3 Å². The summed E-state index contributed by atoms with van der Waals surface area (Å²) in [4.78, 5) is 91.6. The van der Waals surface area contributed by atoms with Gasteiger partial charge in [-0.1, -0.05) is 80.1 Å². The minimum absolute atomic E-state index is 0.0268. The molecular formula is C36H62O14. The van der Waals surface area contributed by atoms with Gasteiger partial charge in [0, 0.05) is 0 Å². The van der Waals surface area contributed by atoms with Crippen LogP contribution in [0.1, 0.15) is 144 Å². The van der Waals surface area contributed by atoms with E-state index >= 15 is 0 Å². The largest absolute Gasteiger partial charge is 0.466 e. The lowest BCUT2D eigenvalue weighted by molar-refractivity contribution is -0.400. The first kappa shape index (κ1) is 46.7. The highest BCUT2D eigenvalue weighted by molar-refractivity contribution is 5.91. The van der Waals surface area contributed by atoms with Gasteiger partial charge in [0.25, 0.3) is 0 Å². The normalized spacial score (nSPS) is 11.4. The summed E-state index contributed by atoms with van der Waals surface area (Å²) in [5.41, 5.74) is -5.10. The van der Waals surface area contributed by atoms with Crippen LogP contribution in [-0.2, 0) is 67.0 Å². The summed E-state index contributed by atoms with van der Waals surface area (Å²) in [7, 11) is 0. The highest BCUT2D eigenvalue weighted by atomic mass is 17.2. The van der Waals surface area contributed by atoms with E-state index in [4.69, 9.17) is 38.2 Å². The highest BCUT2D eigenvalue weighted by Crippen LogP contribution is 2.33. The van der Waals surface area contributed by atoms with Crippen LogP contribution in [-0.4, -0.2) is 86.7 Å². The van der Waals surface area contributed by atoms with Crippen LogP contribution in [0.3, 0.4) is 0 Å². The number of ether oxygens (including phenoxy) is 6. The molecule has 0 heterocycles. The molecule has 0 rings (SSSR count). The molecule has 14 heteroatoms. The maximum Gasteiger partial charge on any atom is 0.343 e. The lowest BCUT2D eigenvalue weighted by atomic mass is 9.94. The Labute approximate surface area is 297 Å². The first-order valence-electron chi connectivity index (χ1n) is 18.3. The van der Waals surface area contributed by atoms with E-state index in [9.17, 15) is 28.8 Å². The predicted molar refractivity (Wildman–Crippen MR) is 181 cm³/mol. The molecule has 0 saturated heterocycles. The van der Waals surface area contributed by atoms with Crippen molar-refractivity contribution in [3.63, 3.8) is 0 Å². The molecule has 0 atom stereocenters. The molecule has 0 aromatic heterocycles. The van der Waals surface area contributed by atoms with Crippen LogP contribution in [0.5, 0.6) is 0 Å². The second kappa shape index (κ2) is 28.4. The number of carbonyl (C=O) groups excluding carboxylic acids is 6. The minimum Gasteiger partial charge on any atom is -0.466 e. The molecule has 0 aliphatic carbocycles. The monoisotopic (exact) mass is 718 g/mol. The van der Waals surface area contributed by atoms with Gasteiger partial charge in [-0.2, -0.15) is 0 Å². The fraction of sp³-hybridized carbons (Fsp3) is 0.833. The zero-order valence-corrected chi connectivity index (χ0v) is 31.3. The van der Waals surface area contributed by atoms with Gasteiger partial charge in [-0.3, -0.25) is 19.2 Å². The molecule has 0 aliphatic rings. The molecular weight excluding hydrogens is 656 g/mol. The van der Waals surface area contributed by atoms with Crippen LogP contribution in [0.4, 0.5) is 0 Å². The summed E-state index contributed by atoms with van der Waals surface area (Å²) in [5, 5.41) is 0. The van der Waals surface area contributed by atoms with E-state index in [1.807, 2.05) is 41.5 Å². The number of hydrogen-bond acceptors (Lipinski definition) is 14. The highest BCUT2D eigenvalue weighted by Gasteiger charge is 2.54. The van der Waals surface area contributed by atoms with Gasteiger partial charge in [-0.25, -0.2) is 19.4 Å². The van der Waals surface area contributed by atoms with Gasteiger partial charge in [-0.05, 0) is 38.5 Å². The van der Waals surface area contributed by atoms with Crippen molar-refractivity contribution in [2.75, 3.05) is 39.6 Å². The topological polar surface area (TPSA) is 176 Å². The zero-order chi connectivity index (χ0) is 37.7. The fourth-order valence-corrected chi connectivity index (χ4v) is 4.10. The van der Waals surface area contributed by atoms with Gasteiger partial charge in [-0.15, -0.1) is 0 Å². The van der Waals surface area contributed by atoms with E-state index in [2.05, 4.69) is 0 Å². The summed E-state index contributed by atoms with van der Waals surface area (Å²) < 4.78 is 32.1. The molecule has 0 aliphatic heterocycles. The Balaban J connectivity index is 7.07. The first-order chi connectivity index (χ1) is 24.0. The summed E-state index contributed by atoms with van der Waals surface area (Å²) in [6.07, 6.45) is 3.67. The number of rotatable bonds is 31. The van der Waals surface area contributed by atoms with Crippen molar-refractivity contribution >= 4 is 35.8 Å².